The minimum absolute atomic E-state index is 0.366. The van der Waals surface area contributed by atoms with Crippen molar-refractivity contribution in [3.8, 4) is 11.1 Å². The number of rotatable bonds is 1. The van der Waals surface area contributed by atoms with Crippen LogP contribution in [-0.4, -0.2) is 4.98 Å². The van der Waals surface area contributed by atoms with Gasteiger partial charge in [0, 0.05) is 23.3 Å². The molecule has 0 unspecified atom stereocenters. The molecule has 0 aliphatic rings. The highest BCUT2D eigenvalue weighted by Crippen LogP contribution is 2.34. The van der Waals surface area contributed by atoms with Gasteiger partial charge in [-0.15, -0.1) is 0 Å². The SMILES string of the molecule is Fc1cc(-c2cncc3ccccc23)ccc1C(F)(F)F. The summed E-state index contributed by atoms with van der Waals surface area (Å²) in [6.07, 6.45) is -1.52. The molecule has 0 fully saturated rings. The standard InChI is InChI=1S/C16H9F4N/c17-15-7-10(5-6-14(15)16(18,19)20)13-9-21-8-11-3-1-2-4-12(11)13/h1-9H. The highest BCUT2D eigenvalue weighted by molar-refractivity contribution is 5.95. The number of nitrogens with zero attached hydrogens (tertiary/aromatic N) is 1. The van der Waals surface area contributed by atoms with Crippen molar-refractivity contribution >= 4 is 10.8 Å². The van der Waals surface area contributed by atoms with Crippen LogP contribution in [0.5, 0.6) is 0 Å². The first kappa shape index (κ1) is 13.5. The van der Waals surface area contributed by atoms with Crippen molar-refractivity contribution in [2.45, 2.75) is 6.18 Å². The second-order valence-corrected chi connectivity index (χ2v) is 4.60. The Labute approximate surface area is 117 Å². The molecule has 106 valence electrons. The molecule has 0 aliphatic carbocycles. The quantitative estimate of drug-likeness (QED) is 0.571. The largest absolute Gasteiger partial charge is 0.419 e. The van der Waals surface area contributed by atoms with Gasteiger partial charge in [-0.2, -0.15) is 13.2 Å². The van der Waals surface area contributed by atoms with Crippen LogP contribution in [0.15, 0.2) is 54.9 Å². The molecule has 21 heavy (non-hydrogen) atoms. The number of halogens is 4. The van der Waals surface area contributed by atoms with Crippen molar-refractivity contribution in [2.75, 3.05) is 0 Å². The Hall–Kier alpha value is -2.43. The minimum Gasteiger partial charge on any atom is -0.263 e. The molecule has 0 bridgehead atoms. The van der Waals surface area contributed by atoms with Crippen molar-refractivity contribution < 1.29 is 17.6 Å². The van der Waals surface area contributed by atoms with E-state index in [1.165, 1.54) is 12.3 Å². The van der Waals surface area contributed by atoms with E-state index in [1.807, 2.05) is 24.3 Å². The van der Waals surface area contributed by atoms with E-state index in [0.29, 0.717) is 11.1 Å². The van der Waals surface area contributed by atoms with E-state index in [9.17, 15) is 17.6 Å². The maximum atomic E-state index is 13.7. The zero-order chi connectivity index (χ0) is 15.0. The molecule has 0 atom stereocenters. The first-order valence-corrected chi connectivity index (χ1v) is 6.17. The van der Waals surface area contributed by atoms with Crippen LogP contribution < -0.4 is 0 Å². The van der Waals surface area contributed by atoms with Crippen molar-refractivity contribution in [3.05, 3.63) is 66.2 Å². The third kappa shape index (κ3) is 2.46. The van der Waals surface area contributed by atoms with Gasteiger partial charge in [0.05, 0.1) is 5.56 Å². The van der Waals surface area contributed by atoms with Gasteiger partial charge in [-0.05, 0) is 23.1 Å². The Bertz CT molecular complexity index is 803. The first-order valence-electron chi connectivity index (χ1n) is 6.17. The van der Waals surface area contributed by atoms with Crippen LogP contribution in [0.3, 0.4) is 0 Å². The summed E-state index contributed by atoms with van der Waals surface area (Å²) in [5.41, 5.74) is -0.301. The summed E-state index contributed by atoms with van der Waals surface area (Å²) in [4.78, 5) is 4.05. The molecule has 2 aromatic carbocycles. The summed E-state index contributed by atoms with van der Waals surface area (Å²) in [5.74, 6) is -1.28. The lowest BCUT2D eigenvalue weighted by Gasteiger charge is -2.10. The van der Waals surface area contributed by atoms with E-state index in [2.05, 4.69) is 4.98 Å². The average Bonchev–Trinajstić information content (AvgIpc) is 2.45. The average molecular weight is 291 g/mol. The van der Waals surface area contributed by atoms with E-state index >= 15 is 0 Å². The van der Waals surface area contributed by atoms with Crippen LogP contribution in [0.2, 0.25) is 0 Å². The van der Waals surface area contributed by atoms with Crippen molar-refractivity contribution in [1.82, 2.24) is 4.98 Å². The fraction of sp³-hybridized carbons (Fsp3) is 0.0625. The van der Waals surface area contributed by atoms with E-state index in [0.717, 1.165) is 22.9 Å². The molecular formula is C16H9F4N. The second kappa shape index (κ2) is 4.84. The lowest BCUT2D eigenvalue weighted by atomic mass is 9.99. The van der Waals surface area contributed by atoms with Crippen LogP contribution >= 0.6 is 0 Å². The maximum Gasteiger partial charge on any atom is 0.419 e. The first-order chi connectivity index (χ1) is 9.97. The molecule has 0 saturated heterocycles. The molecule has 1 nitrogen and oxygen atoms in total. The minimum atomic E-state index is -4.69. The van der Waals surface area contributed by atoms with Gasteiger partial charge in [-0.25, -0.2) is 4.39 Å². The molecule has 0 saturated carbocycles. The predicted molar refractivity (Wildman–Crippen MR) is 72.1 cm³/mol. The zero-order valence-electron chi connectivity index (χ0n) is 10.7. The molecule has 5 heteroatoms. The fourth-order valence-corrected chi connectivity index (χ4v) is 2.26. The Kier molecular flexibility index (Phi) is 3.12. The molecule has 0 N–H and O–H groups in total. The third-order valence-electron chi connectivity index (χ3n) is 3.25. The van der Waals surface area contributed by atoms with Gasteiger partial charge >= 0.3 is 6.18 Å². The number of hydrogen-bond acceptors (Lipinski definition) is 1. The summed E-state index contributed by atoms with van der Waals surface area (Å²) < 4.78 is 51.4. The van der Waals surface area contributed by atoms with Crippen molar-refractivity contribution in [2.24, 2.45) is 0 Å². The number of hydrogen-bond donors (Lipinski definition) is 0. The lowest BCUT2D eigenvalue weighted by molar-refractivity contribution is -0.139. The molecule has 0 radical (unpaired) electrons. The van der Waals surface area contributed by atoms with E-state index in [-0.39, 0.29) is 0 Å². The van der Waals surface area contributed by atoms with Crippen LogP contribution in [0, 0.1) is 5.82 Å². The molecular weight excluding hydrogens is 282 g/mol. The summed E-state index contributed by atoms with van der Waals surface area (Å²) in [6.45, 7) is 0. The van der Waals surface area contributed by atoms with E-state index in [1.54, 1.807) is 6.20 Å². The molecule has 1 heterocycles. The summed E-state index contributed by atoms with van der Waals surface area (Å²) in [6, 6.07) is 10.2. The summed E-state index contributed by atoms with van der Waals surface area (Å²) >= 11 is 0. The summed E-state index contributed by atoms with van der Waals surface area (Å²) in [5, 5.41) is 1.65. The zero-order valence-corrected chi connectivity index (χ0v) is 10.7. The number of aromatic nitrogens is 1. The molecule has 0 aliphatic heterocycles. The van der Waals surface area contributed by atoms with Crippen molar-refractivity contribution in [1.29, 1.82) is 0 Å². The highest BCUT2D eigenvalue weighted by atomic mass is 19.4. The second-order valence-electron chi connectivity index (χ2n) is 4.60. The van der Waals surface area contributed by atoms with Gasteiger partial charge in [0.15, 0.2) is 0 Å². The number of benzene rings is 2. The van der Waals surface area contributed by atoms with Crippen LogP contribution in [-0.2, 0) is 6.18 Å². The van der Waals surface area contributed by atoms with Gasteiger partial charge in [0.25, 0.3) is 0 Å². The molecule has 0 amide bonds. The molecule has 3 rings (SSSR count). The lowest BCUT2D eigenvalue weighted by Crippen LogP contribution is -2.07. The topological polar surface area (TPSA) is 12.9 Å². The van der Waals surface area contributed by atoms with Gasteiger partial charge in [-0.3, -0.25) is 4.98 Å². The number of fused-ring (bicyclic) bond motifs is 1. The molecule has 0 spiro atoms. The maximum absolute atomic E-state index is 13.7. The number of alkyl halides is 3. The van der Waals surface area contributed by atoms with Crippen LogP contribution in [0.4, 0.5) is 17.6 Å². The predicted octanol–water partition coefficient (Wildman–Crippen LogP) is 5.06. The Balaban J connectivity index is 2.18. The smallest absolute Gasteiger partial charge is 0.263 e. The van der Waals surface area contributed by atoms with Gasteiger partial charge in [0.2, 0.25) is 0 Å². The fourth-order valence-electron chi connectivity index (χ4n) is 2.26. The van der Waals surface area contributed by atoms with Crippen molar-refractivity contribution in [3.63, 3.8) is 0 Å². The Morgan fingerprint density at radius 1 is 0.905 bits per heavy atom. The Morgan fingerprint density at radius 3 is 2.38 bits per heavy atom. The van der Waals surface area contributed by atoms with Gasteiger partial charge in [0.1, 0.15) is 5.82 Å². The van der Waals surface area contributed by atoms with Crippen LogP contribution in [0.25, 0.3) is 21.9 Å². The van der Waals surface area contributed by atoms with E-state index in [4.69, 9.17) is 0 Å². The summed E-state index contributed by atoms with van der Waals surface area (Å²) in [7, 11) is 0. The molecule has 3 aromatic rings. The number of pyridine rings is 1. The monoisotopic (exact) mass is 291 g/mol. The van der Waals surface area contributed by atoms with Gasteiger partial charge in [-0.1, -0.05) is 30.3 Å². The molecule has 1 aromatic heterocycles. The van der Waals surface area contributed by atoms with Gasteiger partial charge < -0.3 is 0 Å². The highest BCUT2D eigenvalue weighted by Gasteiger charge is 2.33. The Morgan fingerprint density at radius 2 is 1.67 bits per heavy atom. The normalized spacial score (nSPS) is 11.8. The van der Waals surface area contributed by atoms with E-state index < -0.39 is 17.6 Å². The van der Waals surface area contributed by atoms with Crippen LogP contribution in [0.1, 0.15) is 5.56 Å². The third-order valence-corrected chi connectivity index (χ3v) is 3.25.